The Bertz CT molecular complexity index is 974. The number of likely N-dealkylation sites (tertiary alicyclic amines) is 1. The highest BCUT2D eigenvalue weighted by atomic mass is 32.2. The zero-order chi connectivity index (χ0) is 23.1. The minimum atomic E-state index is -4.36. The fourth-order valence-electron chi connectivity index (χ4n) is 4.59. The Balaban J connectivity index is 1.42. The van der Waals surface area contributed by atoms with E-state index < -0.39 is 11.7 Å². The Hall–Kier alpha value is -2.00. The number of aromatic nitrogens is 2. The molecule has 0 bridgehead atoms. The van der Waals surface area contributed by atoms with Gasteiger partial charge in [0.2, 0.25) is 0 Å². The van der Waals surface area contributed by atoms with E-state index in [4.69, 9.17) is 0 Å². The van der Waals surface area contributed by atoms with Crippen LogP contribution in [0.15, 0.2) is 24.3 Å². The molecule has 0 spiro atoms. The van der Waals surface area contributed by atoms with Crippen molar-refractivity contribution in [1.29, 1.82) is 0 Å². The number of aromatic amines is 1. The summed E-state index contributed by atoms with van der Waals surface area (Å²) in [6.45, 7) is 8.95. The van der Waals surface area contributed by atoms with E-state index in [9.17, 15) is 18.0 Å². The van der Waals surface area contributed by atoms with Crippen molar-refractivity contribution in [2.24, 2.45) is 0 Å². The Kier molecular flexibility index (Phi) is 6.33. The Morgan fingerprint density at radius 2 is 1.81 bits per heavy atom. The summed E-state index contributed by atoms with van der Waals surface area (Å²) < 4.78 is 42.6. The summed E-state index contributed by atoms with van der Waals surface area (Å²) in [6.07, 6.45) is -2.58. The summed E-state index contributed by atoms with van der Waals surface area (Å²) in [4.78, 5) is 14.9. The van der Waals surface area contributed by atoms with Crippen molar-refractivity contribution in [2.75, 3.05) is 19.6 Å². The average molecular weight is 467 g/mol. The third kappa shape index (κ3) is 4.98. The van der Waals surface area contributed by atoms with Gasteiger partial charge in [0.1, 0.15) is 0 Å². The highest BCUT2D eigenvalue weighted by Crippen LogP contribution is 2.39. The van der Waals surface area contributed by atoms with Crippen LogP contribution in [0.25, 0.3) is 0 Å². The molecule has 1 aromatic carbocycles. The summed E-state index contributed by atoms with van der Waals surface area (Å²) in [5.74, 6) is -0.324. The Labute approximate surface area is 190 Å². The molecule has 5 nitrogen and oxygen atoms in total. The van der Waals surface area contributed by atoms with Gasteiger partial charge >= 0.3 is 6.18 Å². The molecule has 0 atom stereocenters. The van der Waals surface area contributed by atoms with Crippen LogP contribution in [-0.2, 0) is 19.1 Å². The lowest BCUT2D eigenvalue weighted by molar-refractivity contribution is -0.138. The fourth-order valence-corrected chi connectivity index (χ4v) is 5.74. The molecule has 1 fully saturated rings. The number of halogens is 3. The summed E-state index contributed by atoms with van der Waals surface area (Å²) >= 11 is 1.80. The quantitative estimate of drug-likeness (QED) is 0.628. The number of hydrogen-bond donors (Lipinski definition) is 1. The number of H-pyrrole nitrogens is 1. The number of alkyl halides is 3. The van der Waals surface area contributed by atoms with Crippen molar-refractivity contribution in [2.45, 2.75) is 63.4 Å². The number of carbonyl (C=O) groups excluding carboxylic acids is 1. The molecule has 3 heterocycles. The van der Waals surface area contributed by atoms with Gasteiger partial charge < -0.3 is 4.90 Å². The summed E-state index contributed by atoms with van der Waals surface area (Å²) in [5.41, 5.74) is 2.19. The molecule has 1 saturated heterocycles. The van der Waals surface area contributed by atoms with E-state index in [0.717, 1.165) is 30.3 Å². The van der Waals surface area contributed by atoms with Gasteiger partial charge in [-0.15, -0.1) is 0 Å². The first-order valence-electron chi connectivity index (χ1n) is 11.0. The van der Waals surface area contributed by atoms with E-state index in [0.29, 0.717) is 43.7 Å². The van der Waals surface area contributed by atoms with Gasteiger partial charge in [0.05, 0.1) is 17.8 Å². The van der Waals surface area contributed by atoms with Crippen LogP contribution in [0.2, 0.25) is 0 Å². The lowest BCUT2D eigenvalue weighted by Crippen LogP contribution is -2.39. The van der Waals surface area contributed by atoms with Crippen LogP contribution in [0.3, 0.4) is 0 Å². The molecule has 1 amide bonds. The van der Waals surface area contributed by atoms with Crippen LogP contribution in [0.1, 0.15) is 72.4 Å². The number of rotatable bonds is 3. The molecule has 0 radical (unpaired) electrons. The topological polar surface area (TPSA) is 52.2 Å². The van der Waals surface area contributed by atoms with E-state index in [1.807, 2.05) is 0 Å². The Morgan fingerprint density at radius 3 is 2.47 bits per heavy atom. The predicted molar refractivity (Wildman–Crippen MR) is 119 cm³/mol. The minimum Gasteiger partial charge on any atom is -0.337 e. The van der Waals surface area contributed by atoms with Crippen molar-refractivity contribution in [3.63, 3.8) is 0 Å². The fraction of sp³-hybridized carbons (Fsp3) is 0.565. The molecule has 1 aromatic heterocycles. The van der Waals surface area contributed by atoms with Crippen LogP contribution >= 0.6 is 11.9 Å². The number of hydrogen-bond acceptors (Lipinski definition) is 4. The molecule has 2 aliphatic rings. The zero-order valence-corrected chi connectivity index (χ0v) is 19.4. The van der Waals surface area contributed by atoms with Gasteiger partial charge in [0.25, 0.3) is 5.91 Å². The van der Waals surface area contributed by atoms with Crippen molar-refractivity contribution in [3.05, 3.63) is 52.3 Å². The maximum atomic E-state index is 13.4. The standard InChI is InChI=1S/C23H29F3N4OS/c1-22(2,3)32-30-13-10-17-19(14-30)27-28-20(17)21(31)29-11-8-15(9-12-29)16-6-4-5-7-18(16)23(24,25)26/h4-7,15H,8-14H2,1-3H3,(H,27,28). The Morgan fingerprint density at radius 1 is 1.12 bits per heavy atom. The molecular weight excluding hydrogens is 437 g/mol. The molecule has 4 rings (SSSR count). The second-order valence-corrected chi connectivity index (χ2v) is 11.4. The van der Waals surface area contributed by atoms with E-state index in [2.05, 4.69) is 35.3 Å². The summed E-state index contributed by atoms with van der Waals surface area (Å²) in [6, 6.07) is 5.78. The van der Waals surface area contributed by atoms with Crippen molar-refractivity contribution >= 4 is 17.9 Å². The molecule has 9 heteroatoms. The number of nitrogens with one attached hydrogen (secondary N) is 1. The van der Waals surface area contributed by atoms with Gasteiger partial charge in [-0.1, -0.05) is 30.1 Å². The van der Waals surface area contributed by atoms with Crippen LogP contribution in [-0.4, -0.2) is 49.7 Å². The van der Waals surface area contributed by atoms with Gasteiger partial charge in [-0.3, -0.25) is 9.89 Å². The monoisotopic (exact) mass is 466 g/mol. The maximum Gasteiger partial charge on any atom is 0.416 e. The van der Waals surface area contributed by atoms with Gasteiger partial charge in [0.15, 0.2) is 5.69 Å². The molecule has 2 aromatic rings. The third-order valence-electron chi connectivity index (χ3n) is 5.99. The van der Waals surface area contributed by atoms with Gasteiger partial charge in [-0.2, -0.15) is 18.3 Å². The van der Waals surface area contributed by atoms with Crippen molar-refractivity contribution in [3.8, 4) is 0 Å². The molecule has 2 aliphatic heterocycles. The first-order valence-corrected chi connectivity index (χ1v) is 11.8. The van der Waals surface area contributed by atoms with E-state index in [-0.39, 0.29) is 16.6 Å². The molecule has 1 N–H and O–H groups in total. The number of fused-ring (bicyclic) bond motifs is 1. The highest BCUT2D eigenvalue weighted by molar-refractivity contribution is 7.98. The van der Waals surface area contributed by atoms with Crippen LogP contribution in [0, 0.1) is 0 Å². The summed E-state index contributed by atoms with van der Waals surface area (Å²) in [7, 11) is 0. The van der Waals surface area contributed by atoms with Gasteiger partial charge in [0, 0.05) is 29.9 Å². The largest absolute Gasteiger partial charge is 0.416 e. The van der Waals surface area contributed by atoms with E-state index in [1.54, 1.807) is 29.0 Å². The summed E-state index contributed by atoms with van der Waals surface area (Å²) in [5, 5.41) is 7.37. The zero-order valence-electron chi connectivity index (χ0n) is 18.6. The van der Waals surface area contributed by atoms with Crippen LogP contribution < -0.4 is 0 Å². The maximum absolute atomic E-state index is 13.4. The smallest absolute Gasteiger partial charge is 0.337 e. The molecule has 0 unspecified atom stereocenters. The number of carbonyl (C=O) groups is 1. The highest BCUT2D eigenvalue weighted by Gasteiger charge is 2.37. The molecule has 32 heavy (non-hydrogen) atoms. The number of nitrogens with zero attached hydrogens (tertiary/aromatic N) is 3. The first-order chi connectivity index (χ1) is 15.0. The molecule has 174 valence electrons. The second kappa shape index (κ2) is 8.74. The lowest BCUT2D eigenvalue weighted by Gasteiger charge is -2.33. The van der Waals surface area contributed by atoms with E-state index >= 15 is 0 Å². The third-order valence-corrected chi connectivity index (χ3v) is 7.11. The number of piperidine rings is 1. The van der Waals surface area contributed by atoms with Crippen molar-refractivity contribution in [1.82, 2.24) is 19.4 Å². The lowest BCUT2D eigenvalue weighted by atomic mass is 9.86. The second-order valence-electron chi connectivity index (χ2n) is 9.50. The first kappa shape index (κ1) is 23.2. The number of amides is 1. The average Bonchev–Trinajstić information content (AvgIpc) is 3.15. The van der Waals surface area contributed by atoms with Crippen molar-refractivity contribution < 1.29 is 18.0 Å². The van der Waals surface area contributed by atoms with Crippen LogP contribution in [0.5, 0.6) is 0 Å². The van der Waals surface area contributed by atoms with Gasteiger partial charge in [-0.05, 0) is 57.6 Å². The minimum absolute atomic E-state index is 0.116. The SMILES string of the molecule is CC(C)(C)SN1CCc2c(C(=O)N3CCC(c4ccccc4C(F)(F)F)CC3)n[nH]c2C1. The molecule has 0 aliphatic carbocycles. The molecular formula is C23H29F3N4OS. The predicted octanol–water partition coefficient (Wildman–Crippen LogP) is 5.25. The van der Waals surface area contributed by atoms with Crippen LogP contribution in [0.4, 0.5) is 13.2 Å². The van der Waals surface area contributed by atoms with Gasteiger partial charge in [-0.25, -0.2) is 4.31 Å². The number of benzene rings is 1. The van der Waals surface area contributed by atoms with E-state index in [1.165, 1.54) is 6.07 Å². The normalized spacial score (nSPS) is 18.6. The molecule has 0 saturated carbocycles.